The molecule has 0 amide bonds. The Morgan fingerprint density at radius 2 is 1.57 bits per heavy atom. The average Bonchev–Trinajstić information content (AvgIpc) is 3.21. The molecule has 5 rings (SSSR count). The van der Waals surface area contributed by atoms with Gasteiger partial charge in [0.05, 0.1) is 36.6 Å². The van der Waals surface area contributed by atoms with E-state index in [-0.39, 0.29) is 78.6 Å². The summed E-state index contributed by atoms with van der Waals surface area (Å²) in [5.74, 6) is -1.00. The summed E-state index contributed by atoms with van der Waals surface area (Å²) in [7, 11) is -4.87. The zero-order valence-corrected chi connectivity index (χ0v) is 30.8. The molecule has 5 fully saturated rings. The normalized spacial score (nSPS) is 49.1. The van der Waals surface area contributed by atoms with Crippen LogP contribution < -0.4 is 29.6 Å². The molecule has 260 valence electrons. The van der Waals surface area contributed by atoms with Crippen molar-refractivity contribution in [3.05, 3.63) is 12.2 Å². The van der Waals surface area contributed by atoms with E-state index < -0.39 is 81.8 Å². The zero-order valence-electron chi connectivity index (χ0n) is 27.9. The Bertz CT molecular complexity index is 1200. The van der Waals surface area contributed by atoms with E-state index in [9.17, 15) is 43.6 Å². The summed E-state index contributed by atoms with van der Waals surface area (Å²) in [5.41, 5.74) is -2.26. The summed E-state index contributed by atoms with van der Waals surface area (Å²) >= 11 is 0. The van der Waals surface area contributed by atoms with Gasteiger partial charge in [-0.15, -0.1) is 0 Å². The standard InChI is InChI=1S/C32H54O12S.Na/c1-16(2)24(43-29-27(37)26(36)23(35)15-42-29)7-6-17(3)19-13-21(33)28-31(19,5)11-9-25-30(4)10-8-18(44-45(39,40)41)12-20(30)22(34)14-32(25,28)38;/h6-7,16-29,33-38H,8-15H2,1-5H3,(H,39,40,41);/q;+1/p-1/b7-6+;/t17-,18+,19-,20?,21-,22+,23-,24+,25-,26+,27-,28-,29-,30+,31-,32+;/m1./s1. The van der Waals surface area contributed by atoms with Gasteiger partial charge in [0.15, 0.2) is 6.29 Å². The van der Waals surface area contributed by atoms with Gasteiger partial charge in [-0.25, -0.2) is 8.42 Å². The quantitative estimate of drug-likeness (QED) is 0.0727. The maximum absolute atomic E-state index is 12.6. The van der Waals surface area contributed by atoms with E-state index in [0.717, 1.165) is 6.42 Å². The van der Waals surface area contributed by atoms with Crippen molar-refractivity contribution < 1.29 is 86.8 Å². The average molecular weight is 685 g/mol. The number of aliphatic hydroxyl groups excluding tert-OH is 5. The minimum Gasteiger partial charge on any atom is -0.726 e. The van der Waals surface area contributed by atoms with E-state index in [1.165, 1.54) is 0 Å². The fourth-order valence-corrected chi connectivity index (χ4v) is 11.0. The summed E-state index contributed by atoms with van der Waals surface area (Å²) in [5, 5.41) is 65.8. The first-order valence-corrected chi connectivity index (χ1v) is 17.9. The van der Waals surface area contributed by atoms with Crippen LogP contribution in [0, 0.1) is 46.3 Å². The maximum atomic E-state index is 12.6. The van der Waals surface area contributed by atoms with Gasteiger partial charge in [0.1, 0.15) is 18.3 Å². The van der Waals surface area contributed by atoms with Crippen LogP contribution >= 0.6 is 0 Å². The molecule has 0 bridgehead atoms. The van der Waals surface area contributed by atoms with Gasteiger partial charge in [-0.1, -0.05) is 46.8 Å². The van der Waals surface area contributed by atoms with Crippen molar-refractivity contribution in [3.8, 4) is 0 Å². The molecule has 0 aromatic heterocycles. The second-order valence-corrected chi connectivity index (χ2v) is 16.6. The summed E-state index contributed by atoms with van der Waals surface area (Å²) in [6.07, 6.45) is -0.978. The van der Waals surface area contributed by atoms with Crippen LogP contribution in [-0.4, -0.2) is 105 Å². The van der Waals surface area contributed by atoms with Gasteiger partial charge in [0.25, 0.3) is 0 Å². The smallest absolute Gasteiger partial charge is 0.726 e. The van der Waals surface area contributed by atoms with Crippen LogP contribution in [0.15, 0.2) is 12.2 Å². The Morgan fingerprint density at radius 1 is 0.913 bits per heavy atom. The minimum atomic E-state index is -4.87. The second-order valence-electron chi connectivity index (χ2n) is 15.6. The van der Waals surface area contributed by atoms with E-state index in [0.29, 0.717) is 25.7 Å². The fourth-order valence-electron chi connectivity index (χ4n) is 10.5. The number of ether oxygens (including phenoxy) is 2. The molecular weight excluding hydrogens is 631 g/mol. The molecule has 46 heavy (non-hydrogen) atoms. The van der Waals surface area contributed by atoms with Crippen LogP contribution in [0.4, 0.5) is 0 Å². The van der Waals surface area contributed by atoms with Crippen LogP contribution in [0.25, 0.3) is 0 Å². The summed E-state index contributed by atoms with van der Waals surface area (Å²) in [6, 6.07) is 0. The molecule has 0 radical (unpaired) electrons. The molecule has 4 aliphatic carbocycles. The van der Waals surface area contributed by atoms with Crippen molar-refractivity contribution in [1.82, 2.24) is 0 Å². The molecule has 1 saturated heterocycles. The largest absolute Gasteiger partial charge is 1.00 e. The Hall–Kier alpha value is 0.290. The van der Waals surface area contributed by atoms with Crippen LogP contribution in [0.1, 0.15) is 79.6 Å². The first-order valence-electron chi connectivity index (χ1n) is 16.5. The zero-order chi connectivity index (χ0) is 33.3. The SMILES string of the molecule is CC(C)[C@H](/C=C/[C@@H](C)[C@H]1C[C@@H](O)[C@@H]2[C@]1(C)CC[C@H]1[C@@]2(O)C[C@H](O)C2C[C@@H](OS(=O)(=O)[O-])CC[C@@]21C)O[C@H]1OC[C@@H](O)[C@H](O)[C@H]1O.[Na+]. The van der Waals surface area contributed by atoms with Gasteiger partial charge in [0, 0.05) is 12.3 Å². The summed E-state index contributed by atoms with van der Waals surface area (Å²) < 4.78 is 50.1. The molecule has 1 aliphatic heterocycles. The fraction of sp³-hybridized carbons (Fsp3) is 0.938. The van der Waals surface area contributed by atoms with E-state index in [4.69, 9.17) is 13.7 Å². The third kappa shape index (κ3) is 7.08. The third-order valence-corrected chi connectivity index (χ3v) is 13.1. The molecule has 0 spiro atoms. The molecule has 5 aliphatic rings. The minimum absolute atomic E-state index is 0. The van der Waals surface area contributed by atoms with Gasteiger partial charge in [-0.05, 0) is 78.9 Å². The summed E-state index contributed by atoms with van der Waals surface area (Å²) in [4.78, 5) is 0. The van der Waals surface area contributed by atoms with Crippen molar-refractivity contribution in [1.29, 1.82) is 0 Å². The van der Waals surface area contributed by atoms with E-state index in [1.807, 2.05) is 32.9 Å². The van der Waals surface area contributed by atoms with Gasteiger partial charge >= 0.3 is 29.6 Å². The van der Waals surface area contributed by atoms with E-state index in [1.54, 1.807) is 0 Å². The van der Waals surface area contributed by atoms with Crippen molar-refractivity contribution in [3.63, 3.8) is 0 Å². The van der Waals surface area contributed by atoms with Crippen molar-refractivity contribution >= 4 is 10.4 Å². The summed E-state index contributed by atoms with van der Waals surface area (Å²) in [6.45, 7) is 10.0. The molecule has 12 nitrogen and oxygen atoms in total. The molecule has 1 heterocycles. The van der Waals surface area contributed by atoms with Gasteiger partial charge in [0.2, 0.25) is 10.4 Å². The van der Waals surface area contributed by atoms with Crippen molar-refractivity contribution in [2.75, 3.05) is 6.61 Å². The van der Waals surface area contributed by atoms with E-state index in [2.05, 4.69) is 13.8 Å². The molecule has 0 aromatic rings. The van der Waals surface area contributed by atoms with Gasteiger partial charge < -0.3 is 44.7 Å². The Morgan fingerprint density at radius 3 is 2.20 bits per heavy atom. The molecule has 1 unspecified atom stereocenters. The Labute approximate surface area is 295 Å². The molecule has 4 saturated carbocycles. The molecule has 0 aromatic carbocycles. The molecule has 14 heteroatoms. The predicted octanol–water partition coefficient (Wildman–Crippen LogP) is -1.78. The maximum Gasteiger partial charge on any atom is 1.00 e. The number of hydrogen-bond acceptors (Lipinski definition) is 12. The van der Waals surface area contributed by atoms with Crippen LogP contribution in [0.3, 0.4) is 0 Å². The topological polar surface area (TPSA) is 206 Å². The van der Waals surface area contributed by atoms with Gasteiger partial charge in [-0.2, -0.15) is 0 Å². The van der Waals surface area contributed by atoms with Crippen LogP contribution in [-0.2, 0) is 24.1 Å². The molecule has 16 atom stereocenters. The number of allylic oxidation sites excluding steroid dienone is 1. The van der Waals surface area contributed by atoms with Crippen molar-refractivity contribution in [2.45, 2.75) is 134 Å². The second kappa shape index (κ2) is 14.1. The molecule has 6 N–H and O–H groups in total. The first-order chi connectivity index (χ1) is 20.8. The number of aliphatic hydroxyl groups is 6. The number of rotatable bonds is 8. The molecular formula is C32H53NaO12S. The first kappa shape index (κ1) is 39.1. The third-order valence-electron chi connectivity index (χ3n) is 12.6. The van der Waals surface area contributed by atoms with Crippen molar-refractivity contribution in [2.24, 2.45) is 46.3 Å². The number of hydrogen-bond donors (Lipinski definition) is 6. The van der Waals surface area contributed by atoms with Gasteiger partial charge in [-0.3, -0.25) is 4.18 Å². The Kier molecular flexibility index (Phi) is 12.0. The van der Waals surface area contributed by atoms with Crippen LogP contribution in [0.2, 0.25) is 0 Å². The number of fused-ring (bicyclic) bond motifs is 5. The predicted molar refractivity (Wildman–Crippen MR) is 160 cm³/mol. The Balaban J connectivity index is 0.00000480. The van der Waals surface area contributed by atoms with Crippen LogP contribution in [0.5, 0.6) is 0 Å². The van der Waals surface area contributed by atoms with E-state index >= 15 is 0 Å². The monoisotopic (exact) mass is 684 g/mol.